The predicted molar refractivity (Wildman–Crippen MR) is 145 cm³/mol. The standard InChI is InChI=1S/C29H40N4O2/c1-23(22-29(35)31-25-13-5-7-15-27(25)33-20-10-3-11-21-33)16-17-28(34)30-24-12-4-6-14-26(24)32-18-8-2-9-19-32/h4-7,12-15,23H,2-3,8-11,16-22H2,1H3,(H,30,34)(H,31,35). The summed E-state index contributed by atoms with van der Waals surface area (Å²) in [6.45, 7) is 6.21. The van der Waals surface area contributed by atoms with E-state index in [1.54, 1.807) is 0 Å². The molecule has 6 nitrogen and oxygen atoms in total. The van der Waals surface area contributed by atoms with Crippen molar-refractivity contribution in [3.8, 4) is 0 Å². The van der Waals surface area contributed by atoms with Crippen LogP contribution < -0.4 is 20.4 Å². The van der Waals surface area contributed by atoms with Crippen molar-refractivity contribution >= 4 is 34.6 Å². The first-order valence-electron chi connectivity index (χ1n) is 13.4. The van der Waals surface area contributed by atoms with Crippen LogP contribution >= 0.6 is 0 Å². The van der Waals surface area contributed by atoms with Crippen LogP contribution in [-0.4, -0.2) is 38.0 Å². The number of para-hydroxylation sites is 4. The van der Waals surface area contributed by atoms with E-state index in [4.69, 9.17) is 0 Å². The minimum Gasteiger partial charge on any atom is -0.370 e. The van der Waals surface area contributed by atoms with Crippen LogP contribution in [0.4, 0.5) is 22.7 Å². The first kappa shape index (κ1) is 25.1. The molecule has 35 heavy (non-hydrogen) atoms. The zero-order valence-electron chi connectivity index (χ0n) is 21.1. The molecule has 2 heterocycles. The van der Waals surface area contributed by atoms with Crippen molar-refractivity contribution in [2.24, 2.45) is 5.92 Å². The maximum atomic E-state index is 12.8. The lowest BCUT2D eigenvalue weighted by molar-refractivity contribution is -0.118. The molecule has 2 aliphatic heterocycles. The summed E-state index contributed by atoms with van der Waals surface area (Å²) in [4.78, 5) is 30.2. The first-order valence-corrected chi connectivity index (χ1v) is 13.4. The van der Waals surface area contributed by atoms with Gasteiger partial charge in [-0.25, -0.2) is 0 Å². The number of anilines is 4. The Morgan fingerprint density at radius 2 is 1.17 bits per heavy atom. The lowest BCUT2D eigenvalue weighted by Gasteiger charge is -2.30. The van der Waals surface area contributed by atoms with Crippen molar-refractivity contribution in [2.75, 3.05) is 46.6 Å². The van der Waals surface area contributed by atoms with Crippen LogP contribution in [0, 0.1) is 5.92 Å². The summed E-state index contributed by atoms with van der Waals surface area (Å²) >= 11 is 0. The highest BCUT2D eigenvalue weighted by atomic mass is 16.2. The summed E-state index contributed by atoms with van der Waals surface area (Å²) < 4.78 is 0. The van der Waals surface area contributed by atoms with Gasteiger partial charge in [-0.05, 0) is 75.1 Å². The highest BCUT2D eigenvalue weighted by Crippen LogP contribution is 2.30. The van der Waals surface area contributed by atoms with Gasteiger partial charge in [0.05, 0.1) is 22.7 Å². The largest absolute Gasteiger partial charge is 0.370 e. The quantitative estimate of drug-likeness (QED) is 0.462. The molecule has 6 heteroatoms. The molecule has 188 valence electrons. The fourth-order valence-electron chi connectivity index (χ4n) is 5.19. The summed E-state index contributed by atoms with van der Waals surface area (Å²) in [6, 6.07) is 16.2. The van der Waals surface area contributed by atoms with Gasteiger partial charge in [0.25, 0.3) is 0 Å². The lowest BCUT2D eigenvalue weighted by Crippen LogP contribution is -2.30. The van der Waals surface area contributed by atoms with E-state index in [0.717, 1.165) is 48.9 Å². The van der Waals surface area contributed by atoms with Gasteiger partial charge in [-0.2, -0.15) is 0 Å². The molecule has 0 radical (unpaired) electrons. The third-order valence-corrected chi connectivity index (χ3v) is 7.15. The molecule has 2 aromatic carbocycles. The van der Waals surface area contributed by atoms with Gasteiger partial charge in [0.2, 0.25) is 11.8 Å². The zero-order valence-corrected chi connectivity index (χ0v) is 21.1. The Bertz CT molecular complexity index is 980. The average molecular weight is 477 g/mol. The van der Waals surface area contributed by atoms with E-state index in [-0.39, 0.29) is 17.7 Å². The van der Waals surface area contributed by atoms with Crippen molar-refractivity contribution < 1.29 is 9.59 Å². The fraction of sp³-hybridized carbons (Fsp3) is 0.517. The van der Waals surface area contributed by atoms with Gasteiger partial charge in [0.1, 0.15) is 0 Å². The van der Waals surface area contributed by atoms with E-state index in [1.165, 1.54) is 38.5 Å². The predicted octanol–water partition coefficient (Wildman–Crippen LogP) is 6.05. The second-order valence-electron chi connectivity index (χ2n) is 10.1. The molecule has 1 unspecified atom stereocenters. The number of piperidine rings is 2. The second-order valence-corrected chi connectivity index (χ2v) is 10.1. The number of carbonyl (C=O) groups excluding carboxylic acids is 2. The Hall–Kier alpha value is -3.02. The number of amides is 2. The minimum atomic E-state index is 0.0113. The monoisotopic (exact) mass is 476 g/mol. The van der Waals surface area contributed by atoms with Gasteiger partial charge in [-0.3, -0.25) is 9.59 Å². The molecule has 0 aliphatic carbocycles. The van der Waals surface area contributed by atoms with E-state index >= 15 is 0 Å². The molecule has 0 spiro atoms. The maximum Gasteiger partial charge on any atom is 0.224 e. The molecule has 0 bridgehead atoms. The first-order chi connectivity index (χ1) is 17.1. The molecular formula is C29H40N4O2. The van der Waals surface area contributed by atoms with Crippen LogP contribution in [0.1, 0.15) is 64.7 Å². The number of nitrogens with zero attached hydrogens (tertiary/aromatic N) is 2. The zero-order chi connectivity index (χ0) is 24.5. The minimum absolute atomic E-state index is 0.0113. The van der Waals surface area contributed by atoms with Gasteiger partial charge in [-0.15, -0.1) is 0 Å². The van der Waals surface area contributed by atoms with Crippen LogP contribution in [0.2, 0.25) is 0 Å². The molecule has 2 amide bonds. The number of benzene rings is 2. The van der Waals surface area contributed by atoms with E-state index < -0.39 is 0 Å². The normalized spacial score (nSPS) is 17.1. The average Bonchev–Trinajstić information content (AvgIpc) is 2.89. The molecule has 0 saturated carbocycles. The Balaban J connectivity index is 1.25. The van der Waals surface area contributed by atoms with Gasteiger partial charge in [0.15, 0.2) is 0 Å². The molecule has 2 aliphatic rings. The topological polar surface area (TPSA) is 64.7 Å². The molecular weight excluding hydrogens is 436 g/mol. The number of hydrogen-bond acceptors (Lipinski definition) is 4. The second kappa shape index (κ2) is 12.6. The number of carbonyl (C=O) groups is 2. The van der Waals surface area contributed by atoms with E-state index in [2.05, 4.69) is 32.6 Å². The van der Waals surface area contributed by atoms with Crippen LogP contribution in [0.15, 0.2) is 48.5 Å². The molecule has 2 N–H and O–H groups in total. The van der Waals surface area contributed by atoms with Gasteiger partial charge >= 0.3 is 0 Å². The van der Waals surface area contributed by atoms with E-state index in [1.807, 2.05) is 43.3 Å². The number of hydrogen-bond donors (Lipinski definition) is 2. The molecule has 4 rings (SSSR count). The highest BCUT2D eigenvalue weighted by Gasteiger charge is 2.18. The van der Waals surface area contributed by atoms with Gasteiger partial charge in [0, 0.05) is 39.0 Å². The Morgan fingerprint density at radius 3 is 1.69 bits per heavy atom. The van der Waals surface area contributed by atoms with Crippen molar-refractivity contribution in [3.63, 3.8) is 0 Å². The molecule has 2 fully saturated rings. The summed E-state index contributed by atoms with van der Waals surface area (Å²) in [5, 5.41) is 6.24. The van der Waals surface area contributed by atoms with Crippen LogP contribution in [-0.2, 0) is 9.59 Å². The third kappa shape index (κ3) is 7.23. The van der Waals surface area contributed by atoms with Crippen molar-refractivity contribution in [1.82, 2.24) is 0 Å². The summed E-state index contributed by atoms with van der Waals surface area (Å²) in [5.41, 5.74) is 4.00. The maximum absolute atomic E-state index is 12.8. The van der Waals surface area contributed by atoms with Gasteiger partial charge < -0.3 is 20.4 Å². The fourth-order valence-corrected chi connectivity index (χ4v) is 5.19. The lowest BCUT2D eigenvalue weighted by atomic mass is 10.0. The van der Waals surface area contributed by atoms with Crippen LogP contribution in [0.5, 0.6) is 0 Å². The molecule has 2 saturated heterocycles. The summed E-state index contributed by atoms with van der Waals surface area (Å²) in [6.07, 6.45) is 8.85. The van der Waals surface area contributed by atoms with Crippen molar-refractivity contribution in [3.05, 3.63) is 48.5 Å². The Morgan fingerprint density at radius 1 is 0.714 bits per heavy atom. The van der Waals surface area contributed by atoms with E-state index in [9.17, 15) is 9.59 Å². The summed E-state index contributed by atoms with van der Waals surface area (Å²) in [7, 11) is 0. The number of nitrogens with one attached hydrogen (secondary N) is 2. The Labute approximate surface area is 210 Å². The van der Waals surface area contributed by atoms with Crippen molar-refractivity contribution in [1.29, 1.82) is 0 Å². The molecule has 1 atom stereocenters. The molecule has 0 aromatic heterocycles. The number of rotatable bonds is 9. The third-order valence-electron chi connectivity index (χ3n) is 7.15. The van der Waals surface area contributed by atoms with Crippen LogP contribution in [0.3, 0.4) is 0 Å². The van der Waals surface area contributed by atoms with Crippen molar-refractivity contribution in [2.45, 2.75) is 64.7 Å². The SMILES string of the molecule is CC(CCC(=O)Nc1ccccc1N1CCCCC1)CC(=O)Nc1ccccc1N1CCCCC1. The van der Waals surface area contributed by atoms with Crippen LogP contribution in [0.25, 0.3) is 0 Å². The molecule has 2 aromatic rings. The summed E-state index contributed by atoms with van der Waals surface area (Å²) in [5.74, 6) is 0.148. The Kier molecular flexibility index (Phi) is 9.04. The smallest absolute Gasteiger partial charge is 0.224 e. The van der Waals surface area contributed by atoms with Gasteiger partial charge in [-0.1, -0.05) is 31.2 Å². The highest BCUT2D eigenvalue weighted by molar-refractivity contribution is 5.95. The van der Waals surface area contributed by atoms with E-state index in [0.29, 0.717) is 19.3 Å².